The van der Waals surface area contributed by atoms with Crippen LogP contribution in [0.15, 0.2) is 83.3 Å². The van der Waals surface area contributed by atoms with Crippen LogP contribution in [0.25, 0.3) is 17.1 Å². The molecular weight excluding hydrogens is 472 g/mol. The summed E-state index contributed by atoms with van der Waals surface area (Å²) < 4.78 is 1.88. The fourth-order valence-corrected chi connectivity index (χ4v) is 4.04. The summed E-state index contributed by atoms with van der Waals surface area (Å²) in [4.78, 5) is 16.6. The maximum atomic E-state index is 12.5. The highest BCUT2D eigenvalue weighted by atomic mass is 35.5. The number of thioether (sulfide) groups is 1. The summed E-state index contributed by atoms with van der Waals surface area (Å²) in [5, 5.41) is 23.6. The molecule has 4 aromatic rings. The highest BCUT2D eigenvalue weighted by molar-refractivity contribution is 7.99. The Balaban J connectivity index is 1.52. The summed E-state index contributed by atoms with van der Waals surface area (Å²) in [5.41, 5.74) is 5.82. The molecule has 0 aliphatic rings. The maximum Gasteiger partial charge on any atom is 0.250 e. The Bertz CT molecular complexity index is 1290. The van der Waals surface area contributed by atoms with Gasteiger partial charge in [0.2, 0.25) is 0 Å². The zero-order valence-corrected chi connectivity index (χ0v) is 19.8. The van der Waals surface area contributed by atoms with Gasteiger partial charge in [-0.2, -0.15) is 5.10 Å². The first-order valence-electron chi connectivity index (χ1n) is 10.4. The van der Waals surface area contributed by atoms with E-state index in [4.69, 9.17) is 11.6 Å². The molecule has 0 spiro atoms. The number of nitrogens with zero attached hydrogens (tertiary/aromatic N) is 5. The van der Waals surface area contributed by atoms with E-state index >= 15 is 0 Å². The van der Waals surface area contributed by atoms with E-state index in [1.807, 2.05) is 35.8 Å². The van der Waals surface area contributed by atoms with Gasteiger partial charge in [-0.25, -0.2) is 5.43 Å². The maximum absolute atomic E-state index is 12.5. The van der Waals surface area contributed by atoms with Crippen LogP contribution in [-0.4, -0.2) is 42.2 Å². The Labute approximate surface area is 205 Å². The SMILES string of the molecule is CCC(=NNC(=O)CSc1nnc(-c2ccncc2)n1-c1ccc(Cl)cc1)c1ccc(O)cc1. The van der Waals surface area contributed by atoms with Gasteiger partial charge < -0.3 is 5.11 Å². The Kier molecular flexibility index (Phi) is 7.56. The number of hydrogen-bond donors (Lipinski definition) is 2. The minimum Gasteiger partial charge on any atom is -0.508 e. The third-order valence-electron chi connectivity index (χ3n) is 4.84. The first-order valence-corrected chi connectivity index (χ1v) is 11.8. The minimum absolute atomic E-state index is 0.0954. The molecule has 0 atom stereocenters. The zero-order valence-electron chi connectivity index (χ0n) is 18.2. The molecule has 0 unspecified atom stereocenters. The normalized spacial score (nSPS) is 11.4. The van der Waals surface area contributed by atoms with Crippen molar-refractivity contribution in [2.45, 2.75) is 18.5 Å². The van der Waals surface area contributed by atoms with Crippen molar-refractivity contribution in [1.82, 2.24) is 25.2 Å². The van der Waals surface area contributed by atoms with Crippen molar-refractivity contribution in [1.29, 1.82) is 0 Å². The van der Waals surface area contributed by atoms with Crippen LogP contribution in [0.3, 0.4) is 0 Å². The van der Waals surface area contributed by atoms with Crippen LogP contribution in [0.1, 0.15) is 18.9 Å². The second kappa shape index (κ2) is 11.0. The van der Waals surface area contributed by atoms with Gasteiger partial charge in [0, 0.05) is 28.7 Å². The van der Waals surface area contributed by atoms with Gasteiger partial charge in [0.15, 0.2) is 11.0 Å². The molecule has 0 aliphatic carbocycles. The first kappa shape index (κ1) is 23.5. The lowest BCUT2D eigenvalue weighted by Crippen LogP contribution is -2.22. The summed E-state index contributed by atoms with van der Waals surface area (Å²) in [5.74, 6) is 0.630. The molecule has 4 rings (SSSR count). The van der Waals surface area contributed by atoms with Crippen LogP contribution in [0.5, 0.6) is 5.75 Å². The third kappa shape index (κ3) is 5.62. The van der Waals surface area contributed by atoms with Crippen LogP contribution >= 0.6 is 23.4 Å². The van der Waals surface area contributed by atoms with Gasteiger partial charge in [-0.15, -0.1) is 10.2 Å². The molecule has 34 heavy (non-hydrogen) atoms. The minimum atomic E-state index is -0.272. The number of aromatic hydroxyl groups is 1. The molecule has 2 N–H and O–H groups in total. The molecule has 2 aromatic heterocycles. The smallest absolute Gasteiger partial charge is 0.250 e. The number of phenolic OH excluding ortho intramolecular Hbond substituents is 1. The molecule has 10 heteroatoms. The van der Waals surface area contributed by atoms with E-state index in [1.165, 1.54) is 11.8 Å². The quantitative estimate of drug-likeness (QED) is 0.209. The van der Waals surface area contributed by atoms with Gasteiger partial charge in [-0.3, -0.25) is 14.3 Å². The molecular formula is C24H21ClN6O2S. The molecule has 0 aliphatic heterocycles. The Morgan fingerprint density at radius 2 is 1.76 bits per heavy atom. The zero-order chi connectivity index (χ0) is 23.9. The van der Waals surface area contributed by atoms with Crippen molar-refractivity contribution < 1.29 is 9.90 Å². The lowest BCUT2D eigenvalue weighted by Gasteiger charge is -2.10. The number of pyridine rings is 1. The van der Waals surface area contributed by atoms with Crippen molar-refractivity contribution in [3.8, 4) is 22.8 Å². The standard InChI is InChI=1S/C24H21ClN6O2S/c1-2-21(16-3-9-20(32)10-4-16)27-28-22(33)15-34-24-30-29-23(17-11-13-26-14-12-17)31(24)19-7-5-18(25)6-8-19/h3-14,32H,2,15H2,1H3,(H,28,33). The lowest BCUT2D eigenvalue weighted by atomic mass is 10.1. The van der Waals surface area contributed by atoms with Crippen LogP contribution < -0.4 is 5.43 Å². The fourth-order valence-electron chi connectivity index (χ4n) is 3.17. The highest BCUT2D eigenvalue weighted by Crippen LogP contribution is 2.28. The molecule has 172 valence electrons. The molecule has 0 saturated carbocycles. The van der Waals surface area contributed by atoms with Crippen molar-refractivity contribution in [3.05, 3.63) is 83.6 Å². The van der Waals surface area contributed by atoms with E-state index < -0.39 is 0 Å². The number of phenols is 1. The monoisotopic (exact) mass is 492 g/mol. The van der Waals surface area contributed by atoms with Crippen LogP contribution in [0, 0.1) is 0 Å². The number of carbonyl (C=O) groups excluding carboxylic acids is 1. The average Bonchev–Trinajstić information content (AvgIpc) is 3.29. The molecule has 0 bridgehead atoms. The van der Waals surface area contributed by atoms with Gasteiger partial charge >= 0.3 is 0 Å². The van der Waals surface area contributed by atoms with Gasteiger partial charge in [0.05, 0.1) is 11.5 Å². The van der Waals surface area contributed by atoms with Crippen LogP contribution in [-0.2, 0) is 4.79 Å². The van der Waals surface area contributed by atoms with E-state index in [0.29, 0.717) is 28.1 Å². The van der Waals surface area contributed by atoms with Crippen molar-refractivity contribution in [2.75, 3.05) is 5.75 Å². The van der Waals surface area contributed by atoms with Gasteiger partial charge in [-0.1, -0.05) is 30.3 Å². The second-order valence-electron chi connectivity index (χ2n) is 7.14. The van der Waals surface area contributed by atoms with Crippen LogP contribution in [0.4, 0.5) is 0 Å². The fraction of sp³-hybridized carbons (Fsp3) is 0.125. The lowest BCUT2D eigenvalue weighted by molar-refractivity contribution is -0.118. The largest absolute Gasteiger partial charge is 0.508 e. The summed E-state index contributed by atoms with van der Waals surface area (Å²) >= 11 is 7.32. The molecule has 2 aromatic carbocycles. The number of amides is 1. The van der Waals surface area contributed by atoms with Crippen molar-refractivity contribution in [3.63, 3.8) is 0 Å². The van der Waals surface area contributed by atoms with E-state index in [9.17, 15) is 9.90 Å². The number of rotatable bonds is 8. The molecule has 8 nitrogen and oxygen atoms in total. The van der Waals surface area contributed by atoms with E-state index in [2.05, 4.69) is 25.7 Å². The van der Waals surface area contributed by atoms with E-state index in [1.54, 1.807) is 48.8 Å². The van der Waals surface area contributed by atoms with Gasteiger partial charge in [0.1, 0.15) is 5.75 Å². The molecule has 2 heterocycles. The predicted octanol–water partition coefficient (Wildman–Crippen LogP) is 4.71. The topological polar surface area (TPSA) is 105 Å². The first-order chi connectivity index (χ1) is 16.5. The van der Waals surface area contributed by atoms with Crippen molar-refractivity contribution in [2.24, 2.45) is 5.10 Å². The van der Waals surface area contributed by atoms with Crippen molar-refractivity contribution >= 4 is 35.0 Å². The average molecular weight is 493 g/mol. The number of carbonyl (C=O) groups is 1. The number of hydrogen-bond acceptors (Lipinski definition) is 7. The van der Waals surface area contributed by atoms with Crippen LogP contribution in [0.2, 0.25) is 5.02 Å². The number of benzene rings is 2. The third-order valence-corrected chi connectivity index (χ3v) is 6.02. The number of aromatic nitrogens is 4. The van der Waals surface area contributed by atoms with E-state index in [-0.39, 0.29) is 17.4 Å². The summed E-state index contributed by atoms with van der Waals surface area (Å²) in [6, 6.07) is 17.7. The number of nitrogens with one attached hydrogen (secondary N) is 1. The Morgan fingerprint density at radius 3 is 2.44 bits per heavy atom. The summed E-state index contributed by atoms with van der Waals surface area (Å²) in [7, 11) is 0. The molecule has 1 amide bonds. The summed E-state index contributed by atoms with van der Waals surface area (Å²) in [6.07, 6.45) is 4.00. The molecule has 0 radical (unpaired) electrons. The van der Waals surface area contributed by atoms with E-state index in [0.717, 1.165) is 16.8 Å². The Morgan fingerprint density at radius 1 is 1.06 bits per heavy atom. The van der Waals surface area contributed by atoms with Gasteiger partial charge in [-0.05, 0) is 72.6 Å². The highest BCUT2D eigenvalue weighted by Gasteiger charge is 2.17. The van der Waals surface area contributed by atoms with Gasteiger partial charge in [0.25, 0.3) is 5.91 Å². The predicted molar refractivity (Wildman–Crippen MR) is 133 cm³/mol. The number of halogens is 1. The number of hydrazone groups is 1. The molecule has 0 fully saturated rings. The molecule has 0 saturated heterocycles. The Hall–Kier alpha value is -3.69. The second-order valence-corrected chi connectivity index (χ2v) is 8.52. The summed E-state index contributed by atoms with van der Waals surface area (Å²) in [6.45, 7) is 1.95.